The van der Waals surface area contributed by atoms with Gasteiger partial charge in [0.1, 0.15) is 11.6 Å². The van der Waals surface area contributed by atoms with Crippen LogP contribution in [0.2, 0.25) is 0 Å². The minimum Gasteiger partial charge on any atom is -0.467 e. The van der Waals surface area contributed by atoms with Gasteiger partial charge in [-0.25, -0.2) is 23.9 Å². The Morgan fingerprint density at radius 3 is 2.48 bits per heavy atom. The number of rotatable bonds is 5. The standard InChI is InChI=1S/C22H25N5O6/c1-22(2,3)33-20(30)25-15(19(29)32-5)11-13-8-9-14(12-24-13)27-18(28)17-16(7-6-10-23-17)26(4)21(27)31/h6-10,12,15H,11H2,1-5H3,(H,25,30)/t15-/m0/s1. The Labute approximate surface area is 189 Å². The highest BCUT2D eigenvalue weighted by atomic mass is 16.6. The molecule has 0 aliphatic rings. The third-order valence-corrected chi connectivity index (χ3v) is 4.69. The molecule has 11 nitrogen and oxygen atoms in total. The van der Waals surface area contributed by atoms with E-state index in [0.29, 0.717) is 11.2 Å². The molecule has 0 aliphatic carbocycles. The Bertz CT molecular complexity index is 1300. The number of methoxy groups -OCH3 is 1. The van der Waals surface area contributed by atoms with Crippen molar-refractivity contribution < 1.29 is 19.1 Å². The van der Waals surface area contributed by atoms with E-state index in [4.69, 9.17) is 9.47 Å². The van der Waals surface area contributed by atoms with E-state index in [-0.39, 0.29) is 17.6 Å². The summed E-state index contributed by atoms with van der Waals surface area (Å²) in [7, 11) is 2.76. The molecule has 0 aliphatic heterocycles. The number of aromatic nitrogens is 4. The van der Waals surface area contributed by atoms with Gasteiger partial charge < -0.3 is 14.8 Å². The number of nitrogens with zero attached hydrogens (tertiary/aromatic N) is 4. The summed E-state index contributed by atoms with van der Waals surface area (Å²) in [6, 6.07) is 5.33. The molecule has 0 radical (unpaired) electrons. The molecule has 3 rings (SSSR count). The Kier molecular flexibility index (Phi) is 6.61. The molecule has 11 heteroatoms. The number of aryl methyl sites for hydroxylation is 1. The number of carbonyl (C=O) groups is 2. The second kappa shape index (κ2) is 9.23. The number of carbonyl (C=O) groups excluding carboxylic acids is 2. The third-order valence-electron chi connectivity index (χ3n) is 4.69. The highest BCUT2D eigenvalue weighted by Gasteiger charge is 2.26. The monoisotopic (exact) mass is 455 g/mol. The predicted octanol–water partition coefficient (Wildman–Crippen LogP) is 1.09. The van der Waals surface area contributed by atoms with Crippen LogP contribution in [0.3, 0.4) is 0 Å². The molecule has 0 bridgehead atoms. The van der Waals surface area contributed by atoms with Crippen LogP contribution in [-0.4, -0.2) is 49.9 Å². The number of pyridine rings is 2. The molecule has 0 saturated heterocycles. The quantitative estimate of drug-likeness (QED) is 0.565. The minimum atomic E-state index is -1.04. The summed E-state index contributed by atoms with van der Waals surface area (Å²) in [4.78, 5) is 58.2. The smallest absolute Gasteiger partial charge is 0.408 e. The van der Waals surface area contributed by atoms with E-state index in [0.717, 1.165) is 4.57 Å². The maximum Gasteiger partial charge on any atom is 0.408 e. The zero-order chi connectivity index (χ0) is 24.3. The van der Waals surface area contributed by atoms with Gasteiger partial charge in [-0.2, -0.15) is 0 Å². The molecule has 0 unspecified atom stereocenters. The largest absolute Gasteiger partial charge is 0.467 e. The van der Waals surface area contributed by atoms with Gasteiger partial charge in [0.15, 0.2) is 5.52 Å². The normalized spacial score (nSPS) is 12.3. The molecule has 174 valence electrons. The first-order valence-electron chi connectivity index (χ1n) is 10.1. The molecule has 1 amide bonds. The van der Waals surface area contributed by atoms with E-state index in [2.05, 4.69) is 15.3 Å². The summed E-state index contributed by atoms with van der Waals surface area (Å²) in [5, 5.41) is 2.47. The highest BCUT2D eigenvalue weighted by Crippen LogP contribution is 2.10. The van der Waals surface area contributed by atoms with Crippen LogP contribution in [0, 0.1) is 0 Å². The van der Waals surface area contributed by atoms with E-state index in [9.17, 15) is 19.2 Å². The van der Waals surface area contributed by atoms with Gasteiger partial charge in [0.25, 0.3) is 5.56 Å². The average molecular weight is 455 g/mol. The maximum atomic E-state index is 12.9. The zero-order valence-corrected chi connectivity index (χ0v) is 19.0. The van der Waals surface area contributed by atoms with Crippen molar-refractivity contribution in [1.82, 2.24) is 24.4 Å². The second-order valence-corrected chi connectivity index (χ2v) is 8.29. The van der Waals surface area contributed by atoms with Gasteiger partial charge >= 0.3 is 17.8 Å². The summed E-state index contributed by atoms with van der Waals surface area (Å²) in [6.07, 6.45) is 2.06. The lowest BCUT2D eigenvalue weighted by molar-refractivity contribution is -0.143. The third kappa shape index (κ3) is 5.25. The van der Waals surface area contributed by atoms with Crippen molar-refractivity contribution in [3.05, 3.63) is 63.2 Å². The van der Waals surface area contributed by atoms with Gasteiger partial charge in [-0.05, 0) is 45.0 Å². The van der Waals surface area contributed by atoms with Crippen molar-refractivity contribution in [2.45, 2.75) is 38.8 Å². The molecule has 1 atom stereocenters. The molecule has 0 aromatic carbocycles. The van der Waals surface area contributed by atoms with Gasteiger partial charge in [0.2, 0.25) is 0 Å². The topological polar surface area (TPSA) is 134 Å². The van der Waals surface area contributed by atoms with Crippen molar-refractivity contribution in [3.8, 4) is 5.69 Å². The predicted molar refractivity (Wildman–Crippen MR) is 119 cm³/mol. The molecule has 3 aromatic heterocycles. The van der Waals surface area contributed by atoms with Crippen LogP contribution in [-0.2, 0) is 27.7 Å². The highest BCUT2D eigenvalue weighted by molar-refractivity contribution is 5.81. The molecular weight excluding hydrogens is 430 g/mol. The second-order valence-electron chi connectivity index (χ2n) is 8.29. The average Bonchev–Trinajstić information content (AvgIpc) is 2.76. The summed E-state index contributed by atoms with van der Waals surface area (Å²) in [6.45, 7) is 5.11. The Morgan fingerprint density at radius 1 is 1.15 bits per heavy atom. The lowest BCUT2D eigenvalue weighted by Gasteiger charge is -2.22. The van der Waals surface area contributed by atoms with Crippen LogP contribution >= 0.6 is 0 Å². The Morgan fingerprint density at radius 2 is 1.88 bits per heavy atom. The fourth-order valence-corrected chi connectivity index (χ4v) is 3.17. The molecule has 3 heterocycles. The number of amides is 1. The van der Waals surface area contributed by atoms with Gasteiger partial charge in [-0.3, -0.25) is 14.3 Å². The van der Waals surface area contributed by atoms with Gasteiger partial charge in [-0.1, -0.05) is 0 Å². The minimum absolute atomic E-state index is 0.0123. The van der Waals surface area contributed by atoms with Crippen LogP contribution in [0.15, 0.2) is 46.2 Å². The summed E-state index contributed by atoms with van der Waals surface area (Å²) in [5.74, 6) is -0.669. The first-order valence-corrected chi connectivity index (χ1v) is 10.1. The summed E-state index contributed by atoms with van der Waals surface area (Å²) >= 11 is 0. The van der Waals surface area contributed by atoms with Crippen LogP contribution in [0.5, 0.6) is 0 Å². The number of alkyl carbamates (subject to hydrolysis) is 1. The van der Waals surface area contributed by atoms with Crippen molar-refractivity contribution in [3.63, 3.8) is 0 Å². The zero-order valence-electron chi connectivity index (χ0n) is 19.0. The van der Waals surface area contributed by atoms with Crippen LogP contribution < -0.4 is 16.6 Å². The number of nitrogens with one attached hydrogen (secondary N) is 1. The van der Waals surface area contributed by atoms with E-state index in [1.165, 1.54) is 30.1 Å². The van der Waals surface area contributed by atoms with E-state index in [1.807, 2.05) is 0 Å². The van der Waals surface area contributed by atoms with Crippen LogP contribution in [0.25, 0.3) is 16.7 Å². The molecule has 1 N–H and O–H groups in total. The number of hydrogen-bond donors (Lipinski definition) is 1. The van der Waals surface area contributed by atoms with Crippen molar-refractivity contribution >= 4 is 23.1 Å². The molecule has 0 spiro atoms. The molecule has 33 heavy (non-hydrogen) atoms. The first kappa shape index (κ1) is 23.6. The van der Waals surface area contributed by atoms with Crippen LogP contribution in [0.1, 0.15) is 26.5 Å². The molecule has 0 fully saturated rings. The van der Waals surface area contributed by atoms with Gasteiger partial charge in [0, 0.05) is 25.4 Å². The van der Waals surface area contributed by atoms with E-state index in [1.54, 1.807) is 46.0 Å². The molecule has 0 saturated carbocycles. The first-order chi connectivity index (χ1) is 15.5. The van der Waals surface area contributed by atoms with Crippen molar-refractivity contribution in [1.29, 1.82) is 0 Å². The molecule has 3 aromatic rings. The van der Waals surface area contributed by atoms with Gasteiger partial charge in [0.05, 0.1) is 24.5 Å². The number of esters is 1. The Balaban J connectivity index is 1.89. The fourth-order valence-electron chi connectivity index (χ4n) is 3.17. The number of fused-ring (bicyclic) bond motifs is 1. The van der Waals surface area contributed by atoms with Crippen molar-refractivity contribution in [2.75, 3.05) is 7.11 Å². The van der Waals surface area contributed by atoms with Crippen molar-refractivity contribution in [2.24, 2.45) is 7.05 Å². The molecular formula is C22H25N5O6. The summed E-state index contributed by atoms with van der Waals surface area (Å²) in [5.41, 5.74) is -0.617. The number of ether oxygens (including phenoxy) is 2. The fraction of sp³-hybridized carbons (Fsp3) is 0.364. The van der Waals surface area contributed by atoms with E-state index < -0.39 is 35.0 Å². The number of hydrogen-bond acceptors (Lipinski definition) is 8. The van der Waals surface area contributed by atoms with Gasteiger partial charge in [-0.15, -0.1) is 0 Å². The van der Waals surface area contributed by atoms with Crippen LogP contribution in [0.4, 0.5) is 4.79 Å². The SMILES string of the molecule is COC(=O)[C@H](Cc1ccc(-n2c(=O)c3ncccc3n(C)c2=O)cn1)NC(=O)OC(C)(C)C. The Hall–Kier alpha value is -4.02. The van der Waals surface area contributed by atoms with E-state index >= 15 is 0 Å². The maximum absolute atomic E-state index is 12.9. The lowest BCUT2D eigenvalue weighted by atomic mass is 10.1. The summed E-state index contributed by atoms with van der Waals surface area (Å²) < 4.78 is 12.3. The lowest BCUT2D eigenvalue weighted by Crippen LogP contribution is -2.45.